The first kappa shape index (κ1) is 23.3. The Kier molecular flexibility index (Phi) is 6.91. The Hall–Kier alpha value is -2.40. The van der Waals surface area contributed by atoms with Gasteiger partial charge in [0, 0.05) is 32.4 Å². The van der Waals surface area contributed by atoms with Gasteiger partial charge in [0.15, 0.2) is 11.6 Å². The molecule has 5 heteroatoms. The summed E-state index contributed by atoms with van der Waals surface area (Å²) in [7, 11) is 0. The molecule has 0 aromatic heterocycles. The second-order valence-corrected chi connectivity index (χ2v) is 10.8. The molecule has 0 radical (unpaired) electrons. The number of ketones is 2. The Bertz CT molecular complexity index is 1200. The van der Waals surface area contributed by atoms with Crippen molar-refractivity contribution in [2.24, 2.45) is 0 Å². The number of hydrogen-bond donors (Lipinski definition) is 0. The predicted molar refractivity (Wildman–Crippen MR) is 138 cm³/mol. The lowest BCUT2D eigenvalue weighted by Gasteiger charge is -2.41. The molecule has 3 aromatic rings. The highest BCUT2D eigenvalue weighted by molar-refractivity contribution is 7.99. The van der Waals surface area contributed by atoms with Gasteiger partial charge in [0.25, 0.3) is 0 Å². The minimum Gasteiger partial charge on any atom is -0.303 e. The van der Waals surface area contributed by atoms with E-state index in [1.807, 2.05) is 54.6 Å². The molecule has 0 atom stereocenters. The van der Waals surface area contributed by atoms with Gasteiger partial charge in [-0.3, -0.25) is 9.59 Å². The first-order valence-electron chi connectivity index (χ1n) is 12.0. The summed E-state index contributed by atoms with van der Waals surface area (Å²) in [6.45, 7) is 2.73. The van der Waals surface area contributed by atoms with Crippen LogP contribution < -0.4 is 0 Å². The molecule has 0 N–H and O–H groups in total. The van der Waals surface area contributed by atoms with Crippen molar-refractivity contribution in [1.82, 2.24) is 4.90 Å². The number of rotatable bonds is 6. The summed E-state index contributed by atoms with van der Waals surface area (Å²) in [5.74, 6) is 0.421. The second-order valence-electron chi connectivity index (χ2n) is 9.24. The lowest BCUT2D eigenvalue weighted by Crippen LogP contribution is -2.47. The van der Waals surface area contributed by atoms with Crippen LogP contribution in [-0.4, -0.2) is 36.1 Å². The van der Waals surface area contributed by atoms with Crippen LogP contribution in [0.2, 0.25) is 5.02 Å². The summed E-state index contributed by atoms with van der Waals surface area (Å²) in [4.78, 5) is 30.9. The number of halogens is 1. The fraction of sp³-hybridized carbons (Fsp3) is 0.310. The van der Waals surface area contributed by atoms with E-state index in [-0.39, 0.29) is 11.6 Å². The number of fused-ring (bicyclic) bond motifs is 3. The molecule has 34 heavy (non-hydrogen) atoms. The van der Waals surface area contributed by atoms with Gasteiger partial charge in [0.1, 0.15) is 0 Å². The SMILES string of the molecule is O=C(CCCCN1CCC2(CC1)C(=O)c1cc(Cl)ccc1Sc1ccccc12)c1ccccc1. The maximum absolute atomic E-state index is 14.0. The van der Waals surface area contributed by atoms with E-state index in [1.165, 1.54) is 4.90 Å². The lowest BCUT2D eigenvalue weighted by molar-refractivity contribution is 0.0761. The van der Waals surface area contributed by atoms with Crippen LogP contribution in [0, 0.1) is 0 Å². The van der Waals surface area contributed by atoms with Crippen LogP contribution in [0.3, 0.4) is 0 Å². The number of carbonyl (C=O) groups is 2. The van der Waals surface area contributed by atoms with E-state index in [9.17, 15) is 9.59 Å². The topological polar surface area (TPSA) is 37.4 Å². The van der Waals surface area contributed by atoms with Gasteiger partial charge in [-0.25, -0.2) is 0 Å². The van der Waals surface area contributed by atoms with E-state index in [2.05, 4.69) is 23.1 Å². The number of Topliss-reactive ketones (excluding diaryl/α,β-unsaturated/α-hetero) is 2. The molecule has 0 unspecified atom stereocenters. The molecule has 0 saturated carbocycles. The van der Waals surface area contributed by atoms with E-state index in [0.29, 0.717) is 11.4 Å². The summed E-state index contributed by atoms with van der Waals surface area (Å²) >= 11 is 7.97. The number of likely N-dealkylation sites (tertiary alicyclic amines) is 1. The van der Waals surface area contributed by atoms with E-state index >= 15 is 0 Å². The van der Waals surface area contributed by atoms with Crippen molar-refractivity contribution in [1.29, 1.82) is 0 Å². The normalized spacial score (nSPS) is 17.1. The number of nitrogens with zero attached hydrogens (tertiary/aromatic N) is 1. The number of hydrogen-bond acceptors (Lipinski definition) is 4. The van der Waals surface area contributed by atoms with Crippen LogP contribution in [-0.2, 0) is 5.41 Å². The molecule has 2 aliphatic rings. The zero-order valence-electron chi connectivity index (χ0n) is 19.1. The molecule has 174 valence electrons. The van der Waals surface area contributed by atoms with E-state index in [4.69, 9.17) is 11.6 Å². The molecular formula is C29H28ClNO2S. The average Bonchev–Trinajstić information content (AvgIpc) is 2.97. The van der Waals surface area contributed by atoms with Crippen LogP contribution in [0.1, 0.15) is 58.4 Å². The fourth-order valence-electron chi connectivity index (χ4n) is 5.26. The van der Waals surface area contributed by atoms with Crippen molar-refractivity contribution in [3.63, 3.8) is 0 Å². The molecule has 3 nitrogen and oxygen atoms in total. The third-order valence-corrected chi connectivity index (χ3v) is 8.56. The zero-order valence-corrected chi connectivity index (χ0v) is 20.7. The van der Waals surface area contributed by atoms with Gasteiger partial charge in [0.05, 0.1) is 5.41 Å². The van der Waals surface area contributed by atoms with Gasteiger partial charge < -0.3 is 4.90 Å². The third kappa shape index (κ3) is 4.59. The standard InChI is InChI=1S/C29H28ClNO2S/c30-22-13-14-26-23(20-22)28(33)29(24-10-4-5-12-27(24)34-26)15-18-31(19-16-29)17-7-6-11-25(32)21-8-2-1-3-9-21/h1-5,8-10,12-14,20H,6-7,11,15-19H2. The molecular weight excluding hydrogens is 462 g/mol. The third-order valence-electron chi connectivity index (χ3n) is 7.18. The van der Waals surface area contributed by atoms with Gasteiger partial charge in [-0.15, -0.1) is 0 Å². The Morgan fingerprint density at radius 3 is 2.44 bits per heavy atom. The van der Waals surface area contributed by atoms with Crippen molar-refractivity contribution in [2.45, 2.75) is 47.3 Å². The quantitative estimate of drug-likeness (QED) is 0.274. The number of piperidine rings is 1. The summed E-state index contributed by atoms with van der Waals surface area (Å²) in [6.07, 6.45) is 4.07. The maximum atomic E-state index is 14.0. The van der Waals surface area contributed by atoms with Crippen LogP contribution in [0.5, 0.6) is 0 Å². The van der Waals surface area contributed by atoms with Crippen molar-refractivity contribution >= 4 is 34.9 Å². The monoisotopic (exact) mass is 489 g/mol. The predicted octanol–water partition coefficient (Wildman–Crippen LogP) is 7.07. The van der Waals surface area contributed by atoms with Crippen molar-refractivity contribution in [2.75, 3.05) is 19.6 Å². The van der Waals surface area contributed by atoms with Crippen molar-refractivity contribution in [3.8, 4) is 0 Å². The molecule has 5 rings (SSSR count). The molecule has 0 amide bonds. The van der Waals surface area contributed by atoms with E-state index < -0.39 is 5.41 Å². The van der Waals surface area contributed by atoms with Crippen LogP contribution in [0.15, 0.2) is 82.6 Å². The highest BCUT2D eigenvalue weighted by atomic mass is 35.5. The molecule has 1 spiro atoms. The summed E-state index contributed by atoms with van der Waals surface area (Å²) in [6, 6.07) is 23.6. The molecule has 2 aliphatic heterocycles. The Balaban J connectivity index is 1.26. The number of unbranched alkanes of at least 4 members (excludes halogenated alkanes) is 1. The smallest absolute Gasteiger partial charge is 0.174 e. The zero-order chi connectivity index (χ0) is 23.5. The van der Waals surface area contributed by atoms with Crippen molar-refractivity contribution in [3.05, 3.63) is 94.5 Å². The Labute approximate surface area is 210 Å². The highest BCUT2D eigenvalue weighted by Crippen LogP contribution is 2.49. The van der Waals surface area contributed by atoms with Crippen LogP contribution in [0.25, 0.3) is 0 Å². The molecule has 0 aliphatic carbocycles. The van der Waals surface area contributed by atoms with E-state index in [1.54, 1.807) is 11.8 Å². The highest BCUT2D eigenvalue weighted by Gasteiger charge is 2.46. The molecule has 3 aromatic carbocycles. The number of carbonyl (C=O) groups excluding carboxylic acids is 2. The number of benzene rings is 3. The minimum atomic E-state index is -0.501. The first-order chi connectivity index (χ1) is 16.6. The summed E-state index contributed by atoms with van der Waals surface area (Å²) < 4.78 is 0. The first-order valence-corrected chi connectivity index (χ1v) is 13.2. The van der Waals surface area contributed by atoms with Gasteiger partial charge in [-0.1, -0.05) is 71.9 Å². The second kappa shape index (κ2) is 10.1. The van der Waals surface area contributed by atoms with E-state index in [0.717, 1.165) is 66.9 Å². The molecule has 2 heterocycles. The summed E-state index contributed by atoms with van der Waals surface area (Å²) in [5, 5.41) is 0.608. The largest absolute Gasteiger partial charge is 0.303 e. The molecule has 1 saturated heterocycles. The Morgan fingerprint density at radius 2 is 1.65 bits per heavy atom. The maximum Gasteiger partial charge on any atom is 0.174 e. The average molecular weight is 490 g/mol. The Morgan fingerprint density at radius 1 is 0.912 bits per heavy atom. The fourth-order valence-corrected chi connectivity index (χ4v) is 6.59. The van der Waals surface area contributed by atoms with Crippen LogP contribution >= 0.6 is 23.4 Å². The van der Waals surface area contributed by atoms with Crippen LogP contribution in [0.4, 0.5) is 0 Å². The van der Waals surface area contributed by atoms with Gasteiger partial charge >= 0.3 is 0 Å². The van der Waals surface area contributed by atoms with Gasteiger partial charge in [-0.2, -0.15) is 0 Å². The van der Waals surface area contributed by atoms with Crippen molar-refractivity contribution < 1.29 is 9.59 Å². The lowest BCUT2D eigenvalue weighted by atomic mass is 9.68. The van der Waals surface area contributed by atoms with Gasteiger partial charge in [-0.05, 0) is 75.1 Å². The van der Waals surface area contributed by atoms with Gasteiger partial charge in [0.2, 0.25) is 0 Å². The summed E-state index contributed by atoms with van der Waals surface area (Å²) in [5.41, 5.74) is 2.21. The molecule has 0 bridgehead atoms. The minimum absolute atomic E-state index is 0.204. The molecule has 1 fully saturated rings.